The molecule has 2 nitrogen and oxygen atoms in total. The lowest BCUT2D eigenvalue weighted by Crippen LogP contribution is -2.33. The zero-order valence-corrected chi connectivity index (χ0v) is 13.0. The SMILES string of the molecule is CC1CCN(CCCCC(=O)c2cccc(Cl)c2)CC1. The number of nitrogens with zero attached hydrogens (tertiary/aromatic N) is 1. The van der Waals surface area contributed by atoms with Crippen LogP contribution < -0.4 is 0 Å². The molecular weight excluding hydrogens is 270 g/mol. The van der Waals surface area contributed by atoms with E-state index in [0.29, 0.717) is 11.4 Å². The Morgan fingerprint density at radius 2 is 2.05 bits per heavy atom. The fourth-order valence-electron chi connectivity index (χ4n) is 2.71. The number of carbonyl (C=O) groups is 1. The second kappa shape index (κ2) is 7.80. The highest BCUT2D eigenvalue weighted by atomic mass is 35.5. The summed E-state index contributed by atoms with van der Waals surface area (Å²) in [6.07, 6.45) is 5.35. The minimum Gasteiger partial charge on any atom is -0.303 e. The van der Waals surface area contributed by atoms with Crippen LogP contribution >= 0.6 is 11.6 Å². The van der Waals surface area contributed by atoms with Crippen LogP contribution in [0.4, 0.5) is 0 Å². The summed E-state index contributed by atoms with van der Waals surface area (Å²) in [6, 6.07) is 7.25. The van der Waals surface area contributed by atoms with Gasteiger partial charge in [-0.1, -0.05) is 30.7 Å². The maximum atomic E-state index is 12.0. The number of Topliss-reactive ketones (excluding diaryl/α,β-unsaturated/α-hetero) is 1. The summed E-state index contributed by atoms with van der Waals surface area (Å²) in [5.41, 5.74) is 0.740. The van der Waals surface area contributed by atoms with Gasteiger partial charge in [-0.2, -0.15) is 0 Å². The van der Waals surface area contributed by atoms with E-state index in [2.05, 4.69) is 11.8 Å². The van der Waals surface area contributed by atoms with Gasteiger partial charge in [0.1, 0.15) is 0 Å². The second-order valence-corrected chi connectivity index (χ2v) is 6.35. The van der Waals surface area contributed by atoms with E-state index >= 15 is 0 Å². The molecule has 1 heterocycles. The van der Waals surface area contributed by atoms with Crippen molar-refractivity contribution in [1.82, 2.24) is 4.90 Å². The molecule has 1 aromatic carbocycles. The maximum Gasteiger partial charge on any atom is 0.162 e. The fourth-order valence-corrected chi connectivity index (χ4v) is 2.90. The fraction of sp³-hybridized carbons (Fsp3) is 0.588. The molecule has 0 radical (unpaired) electrons. The summed E-state index contributed by atoms with van der Waals surface area (Å²) in [7, 11) is 0. The number of halogens is 1. The van der Waals surface area contributed by atoms with Gasteiger partial charge >= 0.3 is 0 Å². The van der Waals surface area contributed by atoms with Gasteiger partial charge in [-0.25, -0.2) is 0 Å². The van der Waals surface area contributed by atoms with E-state index in [9.17, 15) is 4.79 Å². The van der Waals surface area contributed by atoms with Crippen LogP contribution in [0.1, 0.15) is 49.4 Å². The Hall–Kier alpha value is -0.860. The molecule has 0 unspecified atom stereocenters. The molecule has 3 heteroatoms. The van der Waals surface area contributed by atoms with Crippen molar-refractivity contribution in [3.05, 3.63) is 34.9 Å². The van der Waals surface area contributed by atoms with Crippen molar-refractivity contribution in [3.8, 4) is 0 Å². The minimum atomic E-state index is 0.208. The number of piperidine rings is 1. The molecule has 1 aliphatic rings. The van der Waals surface area contributed by atoms with Gasteiger partial charge in [0.05, 0.1) is 0 Å². The normalized spacial score (nSPS) is 17.3. The van der Waals surface area contributed by atoms with E-state index in [1.54, 1.807) is 12.1 Å². The number of hydrogen-bond acceptors (Lipinski definition) is 2. The first-order valence-corrected chi connectivity index (χ1v) is 8.04. The summed E-state index contributed by atoms with van der Waals surface area (Å²) in [5.74, 6) is 1.09. The van der Waals surface area contributed by atoms with Crippen LogP contribution in [0.3, 0.4) is 0 Å². The van der Waals surface area contributed by atoms with E-state index in [1.807, 2.05) is 12.1 Å². The van der Waals surface area contributed by atoms with Gasteiger partial charge in [0.15, 0.2) is 5.78 Å². The van der Waals surface area contributed by atoms with E-state index in [0.717, 1.165) is 30.9 Å². The largest absolute Gasteiger partial charge is 0.303 e. The number of hydrogen-bond donors (Lipinski definition) is 0. The molecule has 2 rings (SSSR count). The van der Waals surface area contributed by atoms with Gasteiger partial charge in [-0.15, -0.1) is 0 Å². The molecule has 0 bridgehead atoms. The molecule has 0 saturated carbocycles. The van der Waals surface area contributed by atoms with Crippen molar-refractivity contribution < 1.29 is 4.79 Å². The predicted molar refractivity (Wildman–Crippen MR) is 84.5 cm³/mol. The molecule has 0 N–H and O–H groups in total. The van der Waals surface area contributed by atoms with Crippen molar-refractivity contribution in [2.24, 2.45) is 5.92 Å². The minimum absolute atomic E-state index is 0.208. The average molecular weight is 294 g/mol. The van der Waals surface area contributed by atoms with Crippen LogP contribution in [0, 0.1) is 5.92 Å². The predicted octanol–water partition coefficient (Wildman–Crippen LogP) is 4.42. The van der Waals surface area contributed by atoms with Crippen molar-refractivity contribution in [3.63, 3.8) is 0 Å². The molecular formula is C17H24ClNO. The van der Waals surface area contributed by atoms with Gasteiger partial charge in [0.25, 0.3) is 0 Å². The Kier molecular flexibility index (Phi) is 6.06. The lowest BCUT2D eigenvalue weighted by Gasteiger charge is -2.30. The highest BCUT2D eigenvalue weighted by Gasteiger charge is 2.15. The number of unbranched alkanes of at least 4 members (excludes halogenated alkanes) is 1. The van der Waals surface area contributed by atoms with Gasteiger partial charge in [0, 0.05) is 17.0 Å². The first-order chi connectivity index (χ1) is 9.65. The second-order valence-electron chi connectivity index (χ2n) is 5.91. The Balaban J connectivity index is 1.64. The van der Waals surface area contributed by atoms with Crippen LogP contribution in [0.5, 0.6) is 0 Å². The van der Waals surface area contributed by atoms with E-state index < -0.39 is 0 Å². The molecule has 1 saturated heterocycles. The molecule has 0 aliphatic carbocycles. The van der Waals surface area contributed by atoms with Crippen molar-refractivity contribution in [2.75, 3.05) is 19.6 Å². The quantitative estimate of drug-likeness (QED) is 0.571. The topological polar surface area (TPSA) is 20.3 Å². The summed E-state index contributed by atoms with van der Waals surface area (Å²) in [6.45, 7) is 5.92. The summed E-state index contributed by atoms with van der Waals surface area (Å²) >= 11 is 5.90. The van der Waals surface area contributed by atoms with Crippen molar-refractivity contribution in [2.45, 2.75) is 39.0 Å². The molecule has 20 heavy (non-hydrogen) atoms. The molecule has 110 valence electrons. The summed E-state index contributed by atoms with van der Waals surface area (Å²) < 4.78 is 0. The van der Waals surface area contributed by atoms with E-state index in [1.165, 1.54) is 25.9 Å². The standard InChI is InChI=1S/C17H24ClNO/c1-14-8-11-19(12-9-14)10-3-2-7-17(20)15-5-4-6-16(18)13-15/h4-6,13-14H,2-3,7-12H2,1H3. The van der Waals surface area contributed by atoms with Gasteiger partial charge < -0.3 is 4.90 Å². The van der Waals surface area contributed by atoms with Crippen molar-refractivity contribution >= 4 is 17.4 Å². The molecule has 0 amide bonds. The average Bonchev–Trinajstić information content (AvgIpc) is 2.45. The van der Waals surface area contributed by atoms with Gasteiger partial charge in [0.2, 0.25) is 0 Å². The Morgan fingerprint density at radius 1 is 1.30 bits per heavy atom. The Morgan fingerprint density at radius 3 is 2.75 bits per heavy atom. The van der Waals surface area contributed by atoms with Crippen LogP contribution in [0.15, 0.2) is 24.3 Å². The molecule has 1 aromatic rings. The molecule has 1 aliphatic heterocycles. The van der Waals surface area contributed by atoms with Crippen LogP contribution in [-0.4, -0.2) is 30.3 Å². The molecule has 1 fully saturated rings. The number of benzene rings is 1. The Bertz CT molecular complexity index is 438. The van der Waals surface area contributed by atoms with Crippen LogP contribution in [0.2, 0.25) is 5.02 Å². The third-order valence-electron chi connectivity index (χ3n) is 4.15. The van der Waals surface area contributed by atoms with Crippen LogP contribution in [-0.2, 0) is 0 Å². The van der Waals surface area contributed by atoms with Gasteiger partial charge in [-0.05, 0) is 63.4 Å². The highest BCUT2D eigenvalue weighted by molar-refractivity contribution is 6.31. The van der Waals surface area contributed by atoms with Crippen molar-refractivity contribution in [1.29, 1.82) is 0 Å². The number of carbonyl (C=O) groups excluding carboxylic acids is 1. The molecule has 0 spiro atoms. The molecule has 0 atom stereocenters. The lowest BCUT2D eigenvalue weighted by molar-refractivity contribution is 0.0977. The zero-order valence-electron chi connectivity index (χ0n) is 12.3. The first kappa shape index (κ1) is 15.5. The van der Waals surface area contributed by atoms with Crippen LogP contribution in [0.25, 0.3) is 0 Å². The first-order valence-electron chi connectivity index (χ1n) is 7.66. The third-order valence-corrected chi connectivity index (χ3v) is 4.39. The maximum absolute atomic E-state index is 12.0. The summed E-state index contributed by atoms with van der Waals surface area (Å²) in [4.78, 5) is 14.6. The molecule has 0 aromatic heterocycles. The summed E-state index contributed by atoms with van der Waals surface area (Å²) in [5, 5.41) is 0.637. The number of ketones is 1. The number of likely N-dealkylation sites (tertiary alicyclic amines) is 1. The highest BCUT2D eigenvalue weighted by Crippen LogP contribution is 2.17. The third kappa shape index (κ3) is 4.92. The Labute approximate surface area is 127 Å². The lowest BCUT2D eigenvalue weighted by atomic mass is 9.99. The monoisotopic (exact) mass is 293 g/mol. The van der Waals surface area contributed by atoms with E-state index in [4.69, 9.17) is 11.6 Å². The zero-order chi connectivity index (χ0) is 14.4. The van der Waals surface area contributed by atoms with E-state index in [-0.39, 0.29) is 5.78 Å². The smallest absolute Gasteiger partial charge is 0.162 e. The number of rotatable bonds is 6. The van der Waals surface area contributed by atoms with Gasteiger partial charge in [-0.3, -0.25) is 4.79 Å².